The highest BCUT2D eigenvalue weighted by molar-refractivity contribution is 5.57. The standard InChI is InChI=1S/C18H21N3O4/c22-18-7-2-1-6-17(18)20-10-8-19(9-11-20)12-13-25-16-5-3-4-15(14-16)21(23)24/h1-7,14,22H,8-13H2. The van der Waals surface area contributed by atoms with Gasteiger partial charge in [0.25, 0.3) is 5.69 Å². The number of para-hydroxylation sites is 2. The van der Waals surface area contributed by atoms with Gasteiger partial charge in [0.05, 0.1) is 16.7 Å². The van der Waals surface area contributed by atoms with E-state index >= 15 is 0 Å². The molecule has 0 spiro atoms. The maximum Gasteiger partial charge on any atom is 0.273 e. The summed E-state index contributed by atoms with van der Waals surface area (Å²) in [7, 11) is 0. The Bertz CT molecular complexity index is 730. The average Bonchev–Trinajstić information content (AvgIpc) is 2.63. The molecule has 1 fully saturated rings. The van der Waals surface area contributed by atoms with Crippen LogP contribution < -0.4 is 9.64 Å². The Kier molecular flexibility index (Phi) is 5.35. The molecule has 0 bridgehead atoms. The molecule has 0 radical (unpaired) electrons. The molecule has 0 aliphatic carbocycles. The Morgan fingerprint density at radius 1 is 1.08 bits per heavy atom. The minimum absolute atomic E-state index is 0.0359. The summed E-state index contributed by atoms with van der Waals surface area (Å²) < 4.78 is 5.63. The van der Waals surface area contributed by atoms with Crippen LogP contribution in [-0.4, -0.2) is 54.3 Å². The van der Waals surface area contributed by atoms with Crippen LogP contribution in [0, 0.1) is 10.1 Å². The molecule has 132 valence electrons. The maximum absolute atomic E-state index is 10.8. The zero-order valence-electron chi connectivity index (χ0n) is 13.9. The summed E-state index contributed by atoms with van der Waals surface area (Å²) in [5, 5.41) is 20.7. The van der Waals surface area contributed by atoms with Gasteiger partial charge in [-0.3, -0.25) is 15.0 Å². The molecule has 25 heavy (non-hydrogen) atoms. The van der Waals surface area contributed by atoms with Crippen molar-refractivity contribution in [3.8, 4) is 11.5 Å². The molecule has 3 rings (SSSR count). The quantitative estimate of drug-likeness (QED) is 0.641. The number of ether oxygens (including phenoxy) is 1. The minimum atomic E-state index is -0.426. The van der Waals surface area contributed by atoms with Gasteiger partial charge in [-0.1, -0.05) is 18.2 Å². The number of hydrogen-bond acceptors (Lipinski definition) is 6. The first-order valence-corrected chi connectivity index (χ1v) is 8.26. The van der Waals surface area contributed by atoms with Crippen molar-refractivity contribution in [1.82, 2.24) is 4.90 Å². The van der Waals surface area contributed by atoms with Crippen LogP contribution >= 0.6 is 0 Å². The first-order chi connectivity index (χ1) is 12.1. The molecule has 0 amide bonds. The lowest BCUT2D eigenvalue weighted by atomic mass is 10.2. The summed E-state index contributed by atoms with van der Waals surface area (Å²) >= 11 is 0. The van der Waals surface area contributed by atoms with Gasteiger partial charge in [0, 0.05) is 38.8 Å². The molecule has 2 aromatic carbocycles. The van der Waals surface area contributed by atoms with Crippen molar-refractivity contribution in [3.05, 3.63) is 58.6 Å². The lowest BCUT2D eigenvalue weighted by molar-refractivity contribution is -0.384. The molecular weight excluding hydrogens is 322 g/mol. The number of phenols is 1. The largest absolute Gasteiger partial charge is 0.506 e. The third kappa shape index (κ3) is 4.39. The van der Waals surface area contributed by atoms with Crippen molar-refractivity contribution in [1.29, 1.82) is 0 Å². The first kappa shape index (κ1) is 17.0. The van der Waals surface area contributed by atoms with Gasteiger partial charge in [-0.2, -0.15) is 0 Å². The van der Waals surface area contributed by atoms with E-state index in [-0.39, 0.29) is 5.69 Å². The maximum atomic E-state index is 10.8. The molecule has 0 unspecified atom stereocenters. The third-order valence-electron chi connectivity index (χ3n) is 4.30. The fraction of sp³-hybridized carbons (Fsp3) is 0.333. The van der Waals surface area contributed by atoms with E-state index in [9.17, 15) is 15.2 Å². The predicted octanol–water partition coefficient (Wildman–Crippen LogP) is 2.50. The van der Waals surface area contributed by atoms with Crippen LogP contribution in [0.4, 0.5) is 11.4 Å². The van der Waals surface area contributed by atoms with Gasteiger partial charge in [-0.15, -0.1) is 0 Å². The molecule has 0 aromatic heterocycles. The normalized spacial score (nSPS) is 15.1. The molecule has 1 saturated heterocycles. The van der Waals surface area contributed by atoms with Gasteiger partial charge < -0.3 is 14.7 Å². The molecule has 2 aromatic rings. The van der Waals surface area contributed by atoms with E-state index in [4.69, 9.17) is 4.74 Å². The number of non-ortho nitro benzene ring substituents is 1. The van der Waals surface area contributed by atoms with Crippen LogP contribution in [0.3, 0.4) is 0 Å². The van der Waals surface area contributed by atoms with Gasteiger partial charge in [0.1, 0.15) is 18.1 Å². The highest BCUT2D eigenvalue weighted by atomic mass is 16.6. The number of nitro benzene ring substituents is 1. The number of benzene rings is 2. The number of piperazine rings is 1. The molecule has 1 aliphatic heterocycles. The topological polar surface area (TPSA) is 79.1 Å². The van der Waals surface area contributed by atoms with Crippen LogP contribution in [-0.2, 0) is 0 Å². The Morgan fingerprint density at radius 2 is 1.84 bits per heavy atom. The Hall–Kier alpha value is -2.80. The molecule has 1 heterocycles. The second-order valence-electron chi connectivity index (χ2n) is 5.92. The van der Waals surface area contributed by atoms with Crippen molar-refractivity contribution >= 4 is 11.4 Å². The first-order valence-electron chi connectivity index (χ1n) is 8.26. The zero-order valence-corrected chi connectivity index (χ0v) is 13.9. The van der Waals surface area contributed by atoms with E-state index in [1.165, 1.54) is 12.1 Å². The monoisotopic (exact) mass is 343 g/mol. The van der Waals surface area contributed by atoms with Gasteiger partial charge in [-0.05, 0) is 18.2 Å². The molecule has 1 N–H and O–H groups in total. The highest BCUT2D eigenvalue weighted by Crippen LogP contribution is 2.27. The van der Waals surface area contributed by atoms with Gasteiger partial charge in [0.2, 0.25) is 0 Å². The summed E-state index contributed by atoms with van der Waals surface area (Å²) in [6.07, 6.45) is 0. The number of anilines is 1. The molecular formula is C18H21N3O4. The number of nitrogens with zero attached hydrogens (tertiary/aromatic N) is 3. The van der Waals surface area contributed by atoms with Crippen LogP contribution in [0.15, 0.2) is 48.5 Å². The number of nitro groups is 1. The van der Waals surface area contributed by atoms with E-state index in [0.717, 1.165) is 38.4 Å². The van der Waals surface area contributed by atoms with E-state index in [2.05, 4.69) is 9.80 Å². The summed E-state index contributed by atoms with van der Waals surface area (Å²) in [5.41, 5.74) is 0.906. The lowest BCUT2D eigenvalue weighted by Gasteiger charge is -2.36. The summed E-state index contributed by atoms with van der Waals surface area (Å²) in [6.45, 7) is 4.69. The fourth-order valence-corrected chi connectivity index (χ4v) is 2.92. The second-order valence-corrected chi connectivity index (χ2v) is 5.92. The van der Waals surface area contributed by atoms with Crippen LogP contribution in [0.1, 0.15) is 0 Å². The Morgan fingerprint density at radius 3 is 2.56 bits per heavy atom. The summed E-state index contributed by atoms with van der Waals surface area (Å²) in [5.74, 6) is 0.826. The number of aromatic hydroxyl groups is 1. The van der Waals surface area contributed by atoms with Crippen molar-refractivity contribution in [3.63, 3.8) is 0 Å². The van der Waals surface area contributed by atoms with Crippen molar-refractivity contribution < 1.29 is 14.8 Å². The van der Waals surface area contributed by atoms with Gasteiger partial charge in [-0.25, -0.2) is 0 Å². The van der Waals surface area contributed by atoms with Crippen LogP contribution in [0.5, 0.6) is 11.5 Å². The molecule has 7 nitrogen and oxygen atoms in total. The molecule has 1 aliphatic rings. The van der Waals surface area contributed by atoms with E-state index in [1.807, 2.05) is 18.2 Å². The average molecular weight is 343 g/mol. The summed E-state index contributed by atoms with van der Waals surface area (Å²) in [6, 6.07) is 13.6. The number of rotatable bonds is 6. The number of phenolic OH excluding ortho intramolecular Hbond substituents is 1. The summed E-state index contributed by atoms with van der Waals surface area (Å²) in [4.78, 5) is 14.8. The Balaban J connectivity index is 1.45. The second kappa shape index (κ2) is 7.85. The third-order valence-corrected chi connectivity index (χ3v) is 4.30. The van der Waals surface area contributed by atoms with Crippen molar-refractivity contribution in [2.75, 3.05) is 44.2 Å². The van der Waals surface area contributed by atoms with Gasteiger partial charge >= 0.3 is 0 Å². The highest BCUT2D eigenvalue weighted by Gasteiger charge is 2.18. The zero-order chi connectivity index (χ0) is 17.6. The van der Waals surface area contributed by atoms with Crippen molar-refractivity contribution in [2.45, 2.75) is 0 Å². The Labute approximate surface area is 146 Å². The predicted molar refractivity (Wildman–Crippen MR) is 95.4 cm³/mol. The van der Waals surface area contributed by atoms with Crippen molar-refractivity contribution in [2.24, 2.45) is 0 Å². The smallest absolute Gasteiger partial charge is 0.273 e. The number of hydrogen-bond donors (Lipinski definition) is 1. The fourth-order valence-electron chi connectivity index (χ4n) is 2.92. The molecule has 0 saturated carbocycles. The van der Waals surface area contributed by atoms with E-state index in [0.29, 0.717) is 18.1 Å². The van der Waals surface area contributed by atoms with Gasteiger partial charge in [0.15, 0.2) is 0 Å². The van der Waals surface area contributed by atoms with E-state index in [1.54, 1.807) is 18.2 Å². The molecule has 7 heteroatoms. The minimum Gasteiger partial charge on any atom is -0.506 e. The van der Waals surface area contributed by atoms with Crippen LogP contribution in [0.25, 0.3) is 0 Å². The molecule has 0 atom stereocenters. The van der Waals surface area contributed by atoms with Crippen LogP contribution in [0.2, 0.25) is 0 Å². The SMILES string of the molecule is O=[N+]([O-])c1cccc(OCCN2CCN(c3ccccc3O)CC2)c1. The lowest BCUT2D eigenvalue weighted by Crippen LogP contribution is -2.47. The van der Waals surface area contributed by atoms with E-state index < -0.39 is 4.92 Å².